The van der Waals surface area contributed by atoms with Crippen molar-refractivity contribution in [2.75, 3.05) is 0 Å². The number of ether oxygens (including phenoxy) is 1. The molecule has 32 heavy (non-hydrogen) atoms. The average Bonchev–Trinajstić information content (AvgIpc) is 3.40. The first kappa shape index (κ1) is 20.8. The minimum atomic E-state index is -0.403. The largest absolute Gasteiger partial charge is 0.438 e. The van der Waals surface area contributed by atoms with Crippen molar-refractivity contribution in [2.45, 2.75) is 31.7 Å². The predicted molar refractivity (Wildman–Crippen MR) is 125 cm³/mol. The monoisotopic (exact) mass is 467 g/mol. The first-order valence-corrected chi connectivity index (χ1v) is 11.5. The minimum Gasteiger partial charge on any atom is -0.438 e. The molecule has 1 aliphatic heterocycles. The molecule has 0 spiro atoms. The van der Waals surface area contributed by atoms with E-state index >= 15 is 0 Å². The van der Waals surface area contributed by atoms with Gasteiger partial charge in [0.2, 0.25) is 5.88 Å². The van der Waals surface area contributed by atoms with Crippen LogP contribution in [0.3, 0.4) is 0 Å². The van der Waals surface area contributed by atoms with Gasteiger partial charge in [0.25, 0.3) is 11.5 Å². The van der Waals surface area contributed by atoms with Gasteiger partial charge in [0.15, 0.2) is 0 Å². The molecule has 0 N–H and O–H groups in total. The Kier molecular flexibility index (Phi) is 5.52. The van der Waals surface area contributed by atoms with E-state index in [4.69, 9.17) is 17.0 Å². The second-order valence-electron chi connectivity index (χ2n) is 7.61. The quantitative estimate of drug-likeness (QED) is 0.407. The molecule has 5 rings (SSSR count). The van der Waals surface area contributed by atoms with Crippen LogP contribution in [0.2, 0.25) is 0 Å². The number of carbonyl (C=O) groups is 1. The molecule has 3 heterocycles. The summed E-state index contributed by atoms with van der Waals surface area (Å²) in [6.45, 7) is 0. The summed E-state index contributed by atoms with van der Waals surface area (Å²) in [6.07, 6.45) is 7.12. The molecule has 6 nitrogen and oxygen atoms in total. The number of thiocarbonyl (C=S) groups is 1. The van der Waals surface area contributed by atoms with Crippen LogP contribution in [0.1, 0.15) is 31.2 Å². The summed E-state index contributed by atoms with van der Waals surface area (Å²) >= 11 is 6.65. The van der Waals surface area contributed by atoms with Crippen molar-refractivity contribution in [2.24, 2.45) is 0 Å². The fourth-order valence-corrected chi connectivity index (χ4v) is 5.37. The van der Waals surface area contributed by atoms with Gasteiger partial charge >= 0.3 is 0 Å². The van der Waals surface area contributed by atoms with Crippen LogP contribution >= 0.6 is 24.0 Å². The Morgan fingerprint density at radius 3 is 2.62 bits per heavy atom. The molecule has 2 fully saturated rings. The van der Waals surface area contributed by atoms with Crippen molar-refractivity contribution in [3.8, 4) is 11.6 Å². The van der Waals surface area contributed by atoms with Gasteiger partial charge in [-0.2, -0.15) is 4.98 Å². The highest BCUT2D eigenvalue weighted by Gasteiger charge is 2.38. The Bertz CT molecular complexity index is 1310. The van der Waals surface area contributed by atoms with Gasteiger partial charge < -0.3 is 4.74 Å². The summed E-state index contributed by atoms with van der Waals surface area (Å²) in [4.78, 5) is 32.9. The molecule has 0 atom stereocenters. The number of fused-ring (bicyclic) bond motifs is 1. The van der Waals surface area contributed by atoms with Crippen LogP contribution in [-0.4, -0.2) is 30.6 Å². The van der Waals surface area contributed by atoms with Gasteiger partial charge in [-0.05, 0) is 55.3 Å². The van der Waals surface area contributed by atoms with E-state index in [0.717, 1.165) is 25.7 Å². The number of carbonyl (C=O) groups excluding carboxylic acids is 1. The Balaban J connectivity index is 1.60. The van der Waals surface area contributed by atoms with Gasteiger partial charge in [-0.1, -0.05) is 42.9 Å². The van der Waals surface area contributed by atoms with E-state index in [2.05, 4.69) is 4.98 Å². The average molecular weight is 468 g/mol. The van der Waals surface area contributed by atoms with Gasteiger partial charge in [0, 0.05) is 12.2 Å². The highest BCUT2D eigenvalue weighted by Crippen LogP contribution is 2.38. The lowest BCUT2D eigenvalue weighted by Crippen LogP contribution is -2.36. The first-order valence-electron chi connectivity index (χ1n) is 10.2. The number of thioether (sulfide) groups is 1. The topological polar surface area (TPSA) is 63.9 Å². The van der Waals surface area contributed by atoms with Crippen molar-refractivity contribution >= 4 is 45.9 Å². The Morgan fingerprint density at radius 1 is 1.12 bits per heavy atom. The van der Waals surface area contributed by atoms with Gasteiger partial charge in [0.1, 0.15) is 27.1 Å². The van der Waals surface area contributed by atoms with Crippen LogP contribution in [0.25, 0.3) is 11.7 Å². The maximum Gasteiger partial charge on any atom is 0.269 e. The van der Waals surface area contributed by atoms with Crippen LogP contribution in [0.5, 0.6) is 11.6 Å². The number of hydrogen-bond acceptors (Lipinski definition) is 6. The second kappa shape index (κ2) is 8.48. The summed E-state index contributed by atoms with van der Waals surface area (Å²) in [6, 6.07) is 10.7. The van der Waals surface area contributed by atoms with Crippen LogP contribution in [-0.2, 0) is 4.79 Å². The van der Waals surface area contributed by atoms with E-state index in [1.165, 1.54) is 46.5 Å². The van der Waals surface area contributed by atoms with Gasteiger partial charge in [-0.15, -0.1) is 0 Å². The molecule has 1 aliphatic carbocycles. The van der Waals surface area contributed by atoms with Gasteiger partial charge in [-0.25, -0.2) is 4.39 Å². The fraction of sp³-hybridized carbons (Fsp3) is 0.217. The molecule has 2 aliphatic rings. The Hall–Kier alpha value is -3.04. The number of pyridine rings is 1. The lowest BCUT2D eigenvalue weighted by molar-refractivity contribution is -0.123. The molecule has 9 heteroatoms. The zero-order valence-electron chi connectivity index (χ0n) is 16.9. The first-order chi connectivity index (χ1) is 15.5. The summed E-state index contributed by atoms with van der Waals surface area (Å²) in [5.74, 6) is -0.234. The molecular formula is C23H18FN3O3S2. The third-order valence-corrected chi connectivity index (χ3v) is 6.88. The number of hydrogen-bond donors (Lipinski definition) is 0. The van der Waals surface area contributed by atoms with Crippen molar-refractivity contribution in [1.29, 1.82) is 0 Å². The summed E-state index contributed by atoms with van der Waals surface area (Å²) < 4.78 is 21.0. The molecule has 2 aromatic heterocycles. The van der Waals surface area contributed by atoms with Crippen molar-refractivity contribution in [3.05, 3.63) is 75.3 Å². The third-order valence-electron chi connectivity index (χ3n) is 5.55. The Morgan fingerprint density at radius 2 is 1.88 bits per heavy atom. The second-order valence-corrected chi connectivity index (χ2v) is 9.29. The summed E-state index contributed by atoms with van der Waals surface area (Å²) in [7, 11) is 0. The van der Waals surface area contributed by atoms with Crippen LogP contribution in [0, 0.1) is 5.82 Å². The predicted octanol–water partition coefficient (Wildman–Crippen LogP) is 4.77. The Labute approximate surface area is 192 Å². The van der Waals surface area contributed by atoms with Gasteiger partial charge in [0.05, 0.1) is 4.91 Å². The summed E-state index contributed by atoms with van der Waals surface area (Å²) in [5, 5.41) is 0. The maximum atomic E-state index is 13.3. The van der Waals surface area contributed by atoms with E-state index in [9.17, 15) is 14.0 Å². The van der Waals surface area contributed by atoms with E-state index in [1.54, 1.807) is 29.3 Å². The summed E-state index contributed by atoms with van der Waals surface area (Å²) in [5.41, 5.74) is 0.147. The highest BCUT2D eigenvalue weighted by atomic mass is 32.2. The smallest absolute Gasteiger partial charge is 0.269 e. The third kappa shape index (κ3) is 3.82. The lowest BCUT2D eigenvalue weighted by atomic mass is 10.2. The molecule has 3 aromatic rings. The van der Waals surface area contributed by atoms with Gasteiger partial charge in [-0.3, -0.25) is 18.9 Å². The number of benzene rings is 1. The molecule has 1 aromatic carbocycles. The van der Waals surface area contributed by atoms with Crippen molar-refractivity contribution in [1.82, 2.24) is 14.3 Å². The van der Waals surface area contributed by atoms with E-state index in [0.29, 0.717) is 20.6 Å². The molecule has 162 valence electrons. The number of nitrogens with zero attached hydrogens (tertiary/aromatic N) is 3. The molecule has 1 saturated carbocycles. The van der Waals surface area contributed by atoms with Crippen molar-refractivity contribution in [3.63, 3.8) is 0 Å². The van der Waals surface area contributed by atoms with E-state index in [1.807, 2.05) is 0 Å². The van der Waals surface area contributed by atoms with E-state index < -0.39 is 5.82 Å². The standard InChI is InChI=1S/C23H18FN3O3S2/c24-14-8-10-16(11-9-14)30-20-17(21(28)26-12-4-3-7-19(26)25-20)13-18-22(29)27(23(31)32-18)15-5-1-2-6-15/h3-4,7-13,15H,1-2,5-6H2. The SMILES string of the molecule is O=C1C(=Cc2c(Oc3ccc(F)cc3)nc3ccccn3c2=O)SC(=S)N1C1CCCC1. The van der Waals surface area contributed by atoms with Crippen LogP contribution in [0.15, 0.2) is 58.4 Å². The van der Waals surface area contributed by atoms with Crippen LogP contribution < -0.4 is 10.3 Å². The lowest BCUT2D eigenvalue weighted by Gasteiger charge is -2.21. The number of halogens is 1. The molecule has 0 unspecified atom stereocenters. The number of aromatic nitrogens is 2. The van der Waals surface area contributed by atoms with Crippen LogP contribution in [0.4, 0.5) is 4.39 Å². The normalized spacial score (nSPS) is 18.3. The molecule has 0 radical (unpaired) electrons. The zero-order chi connectivity index (χ0) is 22.2. The zero-order valence-corrected chi connectivity index (χ0v) is 18.5. The molecule has 1 saturated heterocycles. The van der Waals surface area contributed by atoms with E-state index in [-0.39, 0.29) is 29.0 Å². The highest BCUT2D eigenvalue weighted by molar-refractivity contribution is 8.26. The molecule has 0 bridgehead atoms. The minimum absolute atomic E-state index is 0.0407. The number of rotatable bonds is 4. The maximum absolute atomic E-state index is 13.3. The fourth-order valence-electron chi connectivity index (χ4n) is 3.99. The molecular weight excluding hydrogens is 449 g/mol. The van der Waals surface area contributed by atoms with Crippen molar-refractivity contribution < 1.29 is 13.9 Å². The molecule has 1 amide bonds. The number of amides is 1.